The number of carbonyl (C=O) groups excluding carboxylic acids is 1. The molecule has 0 saturated carbocycles. The van der Waals surface area contributed by atoms with Gasteiger partial charge in [0.2, 0.25) is 5.43 Å². The number of rotatable bonds is 3. The van der Waals surface area contributed by atoms with Gasteiger partial charge in [0, 0.05) is 19.7 Å². The van der Waals surface area contributed by atoms with Crippen molar-refractivity contribution in [2.45, 2.75) is 37.6 Å². The second-order valence-electron chi connectivity index (χ2n) is 7.97. The Morgan fingerprint density at radius 1 is 1.19 bits per heavy atom. The molecule has 2 aromatic rings. The molecule has 0 radical (unpaired) electrons. The average Bonchev–Trinajstić information content (AvgIpc) is 2.76. The van der Waals surface area contributed by atoms with Gasteiger partial charge in [-0.25, -0.2) is 4.85 Å². The summed E-state index contributed by atoms with van der Waals surface area (Å²) in [4.78, 5) is 30.5. The summed E-state index contributed by atoms with van der Waals surface area (Å²) in [6.07, 6.45) is -4.09. The average molecular weight is 446 g/mol. The van der Waals surface area contributed by atoms with Gasteiger partial charge in [0.25, 0.3) is 11.6 Å². The molecule has 32 heavy (non-hydrogen) atoms. The molecule has 0 spiro atoms. The van der Waals surface area contributed by atoms with Crippen molar-refractivity contribution in [1.82, 2.24) is 9.58 Å². The van der Waals surface area contributed by atoms with Gasteiger partial charge in [-0.2, -0.15) is 13.2 Å². The highest BCUT2D eigenvalue weighted by atomic mass is 19.4. The normalized spacial score (nSPS) is 22.8. The van der Waals surface area contributed by atoms with Crippen LogP contribution in [0, 0.1) is 12.5 Å². The maximum atomic E-state index is 13.5. The largest absolute Gasteiger partial charge is 0.492 e. The maximum absolute atomic E-state index is 13.5. The molecule has 2 aliphatic rings. The second-order valence-corrected chi connectivity index (χ2v) is 7.97. The minimum Gasteiger partial charge on any atom is -0.492 e. The Morgan fingerprint density at radius 3 is 2.47 bits per heavy atom. The SMILES string of the molecule is [C-]#[N+]c1cn2c(c(OC)c1=O)C(=O)N(C)[C@@H]1CC[C@H](CC(F)(F)F)[C@@H](c3ccccc3)N12. The van der Waals surface area contributed by atoms with Crippen LogP contribution in [0.4, 0.5) is 18.9 Å². The Bertz CT molecular complexity index is 1140. The van der Waals surface area contributed by atoms with E-state index in [-0.39, 0.29) is 23.6 Å². The van der Waals surface area contributed by atoms with Crippen LogP contribution in [0.2, 0.25) is 0 Å². The molecule has 1 saturated heterocycles. The molecule has 1 aromatic carbocycles. The van der Waals surface area contributed by atoms with E-state index in [4.69, 9.17) is 11.3 Å². The number of hydrogen-bond donors (Lipinski definition) is 0. The Labute approximate surface area is 182 Å². The van der Waals surface area contributed by atoms with Gasteiger partial charge >= 0.3 is 6.18 Å². The molecule has 0 unspecified atom stereocenters. The third-order valence-electron chi connectivity index (χ3n) is 6.14. The van der Waals surface area contributed by atoms with Crippen molar-refractivity contribution in [3.63, 3.8) is 0 Å². The van der Waals surface area contributed by atoms with E-state index in [1.165, 1.54) is 22.9 Å². The monoisotopic (exact) mass is 446 g/mol. The zero-order chi connectivity index (χ0) is 23.2. The van der Waals surface area contributed by atoms with Crippen LogP contribution in [0.25, 0.3) is 4.85 Å². The summed E-state index contributed by atoms with van der Waals surface area (Å²) in [5.74, 6) is -1.57. The van der Waals surface area contributed by atoms with E-state index in [1.807, 2.05) is 0 Å². The van der Waals surface area contributed by atoms with Crippen LogP contribution in [0.15, 0.2) is 41.3 Å². The lowest BCUT2D eigenvalue weighted by Gasteiger charge is -2.54. The summed E-state index contributed by atoms with van der Waals surface area (Å²) in [5.41, 5.74) is -0.445. The molecule has 0 bridgehead atoms. The van der Waals surface area contributed by atoms with Crippen molar-refractivity contribution < 1.29 is 22.7 Å². The van der Waals surface area contributed by atoms with Gasteiger partial charge in [-0.05, 0) is 24.3 Å². The lowest BCUT2D eigenvalue weighted by molar-refractivity contribution is -0.149. The van der Waals surface area contributed by atoms with Crippen molar-refractivity contribution in [2.75, 3.05) is 19.2 Å². The summed E-state index contributed by atoms with van der Waals surface area (Å²) in [5, 5.41) is 1.68. The quantitative estimate of drug-likeness (QED) is 0.672. The van der Waals surface area contributed by atoms with Gasteiger partial charge in [-0.1, -0.05) is 30.3 Å². The third kappa shape index (κ3) is 3.47. The number of ether oxygens (including phenoxy) is 1. The van der Waals surface area contributed by atoms with Gasteiger partial charge in [0.15, 0.2) is 11.4 Å². The number of hydrogen-bond acceptors (Lipinski definition) is 4. The fourth-order valence-corrected chi connectivity index (χ4v) is 4.81. The number of fused-ring (bicyclic) bond motifs is 3. The lowest BCUT2D eigenvalue weighted by Crippen LogP contribution is -2.64. The van der Waals surface area contributed by atoms with E-state index < -0.39 is 42.1 Å². The molecule has 168 valence electrons. The number of amides is 1. The number of nitrogens with zero attached hydrogens (tertiary/aromatic N) is 4. The molecular formula is C22H21F3N4O3. The molecule has 1 amide bonds. The highest BCUT2D eigenvalue weighted by molar-refractivity contribution is 5.97. The predicted octanol–water partition coefficient (Wildman–Crippen LogP) is 3.86. The van der Waals surface area contributed by atoms with Gasteiger partial charge in [-0.3, -0.25) is 19.3 Å². The molecule has 2 aliphatic heterocycles. The first-order chi connectivity index (χ1) is 15.2. The number of piperidine rings is 1. The number of halogens is 3. The fourth-order valence-electron chi connectivity index (χ4n) is 4.81. The van der Waals surface area contributed by atoms with E-state index in [2.05, 4.69) is 4.85 Å². The van der Waals surface area contributed by atoms with Crippen LogP contribution < -0.4 is 15.2 Å². The summed E-state index contributed by atoms with van der Waals surface area (Å²) >= 11 is 0. The van der Waals surface area contributed by atoms with E-state index in [1.54, 1.807) is 42.4 Å². The van der Waals surface area contributed by atoms with Gasteiger partial charge in [-0.15, -0.1) is 0 Å². The number of benzene rings is 1. The first-order valence-corrected chi connectivity index (χ1v) is 10.1. The Morgan fingerprint density at radius 2 is 1.88 bits per heavy atom. The molecule has 10 heteroatoms. The minimum atomic E-state index is -4.37. The van der Waals surface area contributed by atoms with E-state index >= 15 is 0 Å². The van der Waals surface area contributed by atoms with Crippen LogP contribution in [-0.2, 0) is 0 Å². The van der Waals surface area contributed by atoms with Crippen LogP contribution >= 0.6 is 0 Å². The summed E-state index contributed by atoms with van der Waals surface area (Å²) in [6.45, 7) is 7.36. The first-order valence-electron chi connectivity index (χ1n) is 10.1. The second kappa shape index (κ2) is 7.89. The van der Waals surface area contributed by atoms with Gasteiger partial charge in [0.05, 0.1) is 19.7 Å². The maximum Gasteiger partial charge on any atom is 0.389 e. The van der Waals surface area contributed by atoms with E-state index in [9.17, 15) is 22.8 Å². The molecule has 7 nitrogen and oxygen atoms in total. The molecule has 0 aliphatic carbocycles. The van der Waals surface area contributed by atoms with Gasteiger partial charge in [0.1, 0.15) is 6.17 Å². The summed E-state index contributed by atoms with van der Waals surface area (Å²) < 4.78 is 47.0. The number of alkyl halides is 3. The summed E-state index contributed by atoms with van der Waals surface area (Å²) in [6, 6.07) is 8.04. The van der Waals surface area contributed by atoms with E-state index in [0.717, 1.165) is 0 Å². The van der Waals surface area contributed by atoms with Crippen molar-refractivity contribution >= 4 is 11.6 Å². The predicted molar refractivity (Wildman–Crippen MR) is 110 cm³/mol. The standard InChI is InChI=1S/C22H21F3N4O3/c1-26-15-12-28-18(20(32-3)19(15)30)21(31)27(2)16-10-9-14(11-22(23,24)25)17(29(16)28)13-7-5-4-6-8-13/h4-8,12,14,16-17H,9-11H2,2-3H3/t14-,16+,17-/m1/s1. The van der Waals surface area contributed by atoms with Crippen molar-refractivity contribution in [2.24, 2.45) is 5.92 Å². The Hall–Kier alpha value is -3.48. The number of carbonyl (C=O) groups is 1. The van der Waals surface area contributed by atoms with E-state index in [0.29, 0.717) is 12.0 Å². The fraction of sp³-hybridized carbons (Fsp3) is 0.409. The van der Waals surface area contributed by atoms with Gasteiger partial charge < -0.3 is 9.64 Å². The Kier molecular flexibility index (Phi) is 5.36. The smallest absolute Gasteiger partial charge is 0.389 e. The number of aromatic nitrogens is 1. The topological polar surface area (TPSA) is 59.1 Å². The molecule has 1 fully saturated rings. The zero-order valence-electron chi connectivity index (χ0n) is 17.5. The van der Waals surface area contributed by atoms with Crippen molar-refractivity contribution in [3.8, 4) is 5.75 Å². The molecule has 0 N–H and O–H groups in total. The molecule has 3 atom stereocenters. The van der Waals surface area contributed by atoms with Crippen LogP contribution in [0.5, 0.6) is 5.75 Å². The number of pyridine rings is 1. The molecular weight excluding hydrogens is 425 g/mol. The van der Waals surface area contributed by atoms with Crippen LogP contribution in [0.3, 0.4) is 0 Å². The highest BCUT2D eigenvalue weighted by Crippen LogP contribution is 2.46. The van der Waals surface area contributed by atoms with Crippen molar-refractivity contribution in [3.05, 3.63) is 69.4 Å². The molecule has 3 heterocycles. The van der Waals surface area contributed by atoms with Crippen molar-refractivity contribution in [1.29, 1.82) is 0 Å². The molecule has 1 aromatic heterocycles. The third-order valence-corrected chi connectivity index (χ3v) is 6.14. The highest BCUT2D eigenvalue weighted by Gasteiger charge is 2.49. The lowest BCUT2D eigenvalue weighted by atomic mass is 9.81. The molecule has 4 rings (SSSR count). The van der Waals surface area contributed by atoms with Crippen LogP contribution in [0.1, 0.15) is 41.4 Å². The first kappa shape index (κ1) is 21.7. The zero-order valence-corrected chi connectivity index (χ0v) is 17.5. The Balaban J connectivity index is 1.98. The number of methoxy groups -OCH3 is 1. The minimum absolute atomic E-state index is 0.0998. The summed E-state index contributed by atoms with van der Waals surface area (Å²) in [7, 11) is 2.78. The van der Waals surface area contributed by atoms with Crippen LogP contribution in [-0.4, -0.2) is 42.0 Å².